The number of nitrogens with one attached hydrogen (secondary N) is 1. The minimum Gasteiger partial charge on any atom is -0.385 e. The second-order valence-electron chi connectivity index (χ2n) is 4.61. The standard InChI is InChI=1S/C14H23N3O2/c1-5-12(6-2)16(4)13-8-11(15-7-3)9-14(10-13)17(18)19/h8-10,12,15H,5-7H2,1-4H3. The average molecular weight is 265 g/mol. The van der Waals surface area contributed by atoms with Gasteiger partial charge >= 0.3 is 0 Å². The summed E-state index contributed by atoms with van der Waals surface area (Å²) in [6, 6.07) is 5.58. The molecule has 1 rings (SSSR count). The summed E-state index contributed by atoms with van der Waals surface area (Å²) in [7, 11) is 1.99. The molecule has 1 aromatic rings. The molecule has 0 saturated carbocycles. The lowest BCUT2D eigenvalue weighted by atomic mass is 10.1. The number of non-ortho nitro benzene ring substituents is 1. The molecular formula is C14H23N3O2. The zero-order valence-electron chi connectivity index (χ0n) is 12.1. The number of rotatable bonds is 7. The summed E-state index contributed by atoms with van der Waals surface area (Å²) >= 11 is 0. The van der Waals surface area contributed by atoms with Gasteiger partial charge in [0.05, 0.1) is 4.92 Å². The van der Waals surface area contributed by atoms with Crippen molar-refractivity contribution in [2.45, 2.75) is 39.7 Å². The largest absolute Gasteiger partial charge is 0.385 e. The molecule has 106 valence electrons. The number of hydrogen-bond donors (Lipinski definition) is 1. The lowest BCUT2D eigenvalue weighted by Gasteiger charge is -2.28. The Hall–Kier alpha value is -1.78. The van der Waals surface area contributed by atoms with E-state index in [1.54, 1.807) is 12.1 Å². The maximum Gasteiger partial charge on any atom is 0.273 e. The molecule has 0 unspecified atom stereocenters. The van der Waals surface area contributed by atoms with Crippen molar-refractivity contribution in [3.8, 4) is 0 Å². The number of nitro groups is 1. The Morgan fingerprint density at radius 2 is 1.89 bits per heavy atom. The first-order valence-corrected chi connectivity index (χ1v) is 6.79. The van der Waals surface area contributed by atoms with E-state index in [0.29, 0.717) is 6.04 Å². The van der Waals surface area contributed by atoms with Crippen molar-refractivity contribution < 1.29 is 4.92 Å². The van der Waals surface area contributed by atoms with E-state index >= 15 is 0 Å². The summed E-state index contributed by atoms with van der Waals surface area (Å²) in [5, 5.41) is 14.1. The normalized spacial score (nSPS) is 10.6. The second-order valence-corrected chi connectivity index (χ2v) is 4.61. The Morgan fingerprint density at radius 3 is 2.37 bits per heavy atom. The zero-order valence-corrected chi connectivity index (χ0v) is 12.1. The highest BCUT2D eigenvalue weighted by Gasteiger charge is 2.16. The van der Waals surface area contributed by atoms with Crippen LogP contribution in [0.3, 0.4) is 0 Å². The van der Waals surface area contributed by atoms with Crippen LogP contribution in [0.2, 0.25) is 0 Å². The SMILES string of the molecule is CCNc1cc(N(C)C(CC)CC)cc([N+](=O)[O-])c1. The molecule has 0 aliphatic rings. The molecular weight excluding hydrogens is 242 g/mol. The molecule has 19 heavy (non-hydrogen) atoms. The van der Waals surface area contributed by atoms with Crippen molar-refractivity contribution >= 4 is 17.1 Å². The third kappa shape index (κ3) is 3.84. The maximum absolute atomic E-state index is 11.0. The molecule has 0 aliphatic carbocycles. The lowest BCUT2D eigenvalue weighted by molar-refractivity contribution is -0.384. The predicted octanol–water partition coefficient (Wildman–Crippen LogP) is 3.65. The van der Waals surface area contributed by atoms with Gasteiger partial charge in [-0.2, -0.15) is 0 Å². The van der Waals surface area contributed by atoms with Gasteiger partial charge in [-0.25, -0.2) is 0 Å². The average Bonchev–Trinajstić information content (AvgIpc) is 2.40. The van der Waals surface area contributed by atoms with Gasteiger partial charge in [-0.15, -0.1) is 0 Å². The summed E-state index contributed by atoms with van der Waals surface area (Å²) < 4.78 is 0. The summed E-state index contributed by atoms with van der Waals surface area (Å²) in [6.07, 6.45) is 2.04. The fourth-order valence-electron chi connectivity index (χ4n) is 2.26. The second kappa shape index (κ2) is 6.97. The van der Waals surface area contributed by atoms with E-state index in [9.17, 15) is 10.1 Å². The Balaban J connectivity index is 3.14. The number of nitrogens with zero attached hydrogens (tertiary/aromatic N) is 2. The lowest BCUT2D eigenvalue weighted by Crippen LogP contribution is -2.30. The van der Waals surface area contributed by atoms with Crippen molar-refractivity contribution in [1.82, 2.24) is 0 Å². The first-order valence-electron chi connectivity index (χ1n) is 6.79. The van der Waals surface area contributed by atoms with Gasteiger partial charge < -0.3 is 10.2 Å². The third-order valence-electron chi connectivity index (χ3n) is 3.39. The summed E-state index contributed by atoms with van der Waals surface area (Å²) in [6.45, 7) is 6.98. The van der Waals surface area contributed by atoms with Crippen LogP contribution in [0.5, 0.6) is 0 Å². The zero-order chi connectivity index (χ0) is 14.4. The Bertz CT molecular complexity index is 431. The number of benzene rings is 1. The molecule has 0 aliphatic heterocycles. The van der Waals surface area contributed by atoms with Gasteiger partial charge in [-0.05, 0) is 25.8 Å². The van der Waals surface area contributed by atoms with Crippen molar-refractivity contribution in [3.05, 3.63) is 28.3 Å². The van der Waals surface area contributed by atoms with Gasteiger partial charge in [0.25, 0.3) is 5.69 Å². The first-order chi connectivity index (χ1) is 9.03. The van der Waals surface area contributed by atoms with Crippen molar-refractivity contribution in [2.24, 2.45) is 0 Å². The van der Waals surface area contributed by atoms with Gasteiger partial charge in [0.1, 0.15) is 0 Å². The van der Waals surface area contributed by atoms with Crippen molar-refractivity contribution in [2.75, 3.05) is 23.8 Å². The van der Waals surface area contributed by atoms with Crippen molar-refractivity contribution in [1.29, 1.82) is 0 Å². The molecule has 5 nitrogen and oxygen atoms in total. The maximum atomic E-state index is 11.0. The van der Waals surface area contributed by atoms with E-state index in [2.05, 4.69) is 24.1 Å². The van der Waals surface area contributed by atoms with Crippen LogP contribution in [0.4, 0.5) is 17.1 Å². The molecule has 0 bridgehead atoms. The molecule has 0 heterocycles. The number of nitro benzene ring substituents is 1. The molecule has 1 aromatic carbocycles. The number of anilines is 2. The minimum absolute atomic E-state index is 0.131. The van der Waals surface area contributed by atoms with E-state index in [1.165, 1.54) is 0 Å². The van der Waals surface area contributed by atoms with Gasteiger partial charge in [0.15, 0.2) is 0 Å². The van der Waals surface area contributed by atoms with E-state index in [4.69, 9.17) is 0 Å². The van der Waals surface area contributed by atoms with Gasteiger partial charge in [-0.3, -0.25) is 10.1 Å². The molecule has 1 N–H and O–H groups in total. The first kappa shape index (κ1) is 15.3. The minimum atomic E-state index is -0.342. The van der Waals surface area contributed by atoms with E-state index in [0.717, 1.165) is 30.8 Å². The Morgan fingerprint density at radius 1 is 1.26 bits per heavy atom. The smallest absolute Gasteiger partial charge is 0.273 e. The van der Waals surface area contributed by atoms with E-state index in [-0.39, 0.29) is 10.6 Å². The highest BCUT2D eigenvalue weighted by Crippen LogP contribution is 2.28. The van der Waals surface area contributed by atoms with Crippen LogP contribution in [0, 0.1) is 10.1 Å². The Kier molecular flexibility index (Phi) is 5.60. The quantitative estimate of drug-likeness (QED) is 0.604. The summed E-state index contributed by atoms with van der Waals surface area (Å²) in [5.74, 6) is 0. The molecule has 0 amide bonds. The molecule has 0 fully saturated rings. The van der Waals surface area contributed by atoms with Crippen LogP contribution in [0.25, 0.3) is 0 Å². The van der Waals surface area contributed by atoms with Gasteiger partial charge in [0, 0.05) is 43.1 Å². The summed E-state index contributed by atoms with van der Waals surface area (Å²) in [4.78, 5) is 12.8. The molecule has 5 heteroatoms. The van der Waals surface area contributed by atoms with E-state index in [1.807, 2.05) is 20.0 Å². The number of hydrogen-bond acceptors (Lipinski definition) is 4. The fourth-order valence-corrected chi connectivity index (χ4v) is 2.26. The van der Waals surface area contributed by atoms with Crippen LogP contribution in [0.15, 0.2) is 18.2 Å². The van der Waals surface area contributed by atoms with Crippen LogP contribution in [0.1, 0.15) is 33.6 Å². The fraction of sp³-hybridized carbons (Fsp3) is 0.571. The molecule has 0 radical (unpaired) electrons. The molecule has 0 saturated heterocycles. The van der Waals surface area contributed by atoms with E-state index < -0.39 is 0 Å². The third-order valence-corrected chi connectivity index (χ3v) is 3.39. The predicted molar refractivity (Wildman–Crippen MR) is 80.0 cm³/mol. The van der Waals surface area contributed by atoms with Crippen LogP contribution in [-0.2, 0) is 0 Å². The van der Waals surface area contributed by atoms with Crippen molar-refractivity contribution in [3.63, 3.8) is 0 Å². The van der Waals surface area contributed by atoms with Crippen LogP contribution in [-0.4, -0.2) is 24.6 Å². The van der Waals surface area contributed by atoms with Gasteiger partial charge in [-0.1, -0.05) is 13.8 Å². The highest BCUT2D eigenvalue weighted by molar-refractivity contribution is 5.64. The highest BCUT2D eigenvalue weighted by atomic mass is 16.6. The topological polar surface area (TPSA) is 58.4 Å². The van der Waals surface area contributed by atoms with Crippen LogP contribution < -0.4 is 10.2 Å². The summed E-state index contributed by atoms with van der Waals surface area (Å²) in [5.41, 5.74) is 1.81. The molecule has 0 aromatic heterocycles. The van der Waals surface area contributed by atoms with Gasteiger partial charge in [0.2, 0.25) is 0 Å². The molecule has 0 spiro atoms. The monoisotopic (exact) mass is 265 g/mol. The molecule has 0 atom stereocenters. The Labute approximate surface area is 114 Å². The van der Waals surface area contributed by atoms with Crippen LogP contribution >= 0.6 is 0 Å².